The Morgan fingerprint density at radius 2 is 1.95 bits per heavy atom. The van der Waals surface area contributed by atoms with E-state index in [-0.39, 0.29) is 25.2 Å². The van der Waals surface area contributed by atoms with Crippen LogP contribution in [0.2, 0.25) is 0 Å². The second kappa shape index (κ2) is 9.57. The van der Waals surface area contributed by atoms with Gasteiger partial charge in [-0.25, -0.2) is 4.79 Å². The van der Waals surface area contributed by atoms with Crippen LogP contribution in [0.4, 0.5) is 4.79 Å². The Morgan fingerprint density at radius 3 is 2.52 bits per heavy atom. The Bertz CT molecular complexity index is 329. The number of likely N-dealkylation sites (N-methyl/N-ethyl adjacent to an activating group) is 1. The number of nitrogens with zero attached hydrogens (tertiary/aromatic N) is 2. The SMILES string of the molecule is CCOCCN(C)C(=O)N1CCC(OCCC(=O)O)CC1. The van der Waals surface area contributed by atoms with Gasteiger partial charge < -0.3 is 24.4 Å². The van der Waals surface area contributed by atoms with Crippen LogP contribution < -0.4 is 0 Å². The highest BCUT2D eigenvalue weighted by molar-refractivity contribution is 5.74. The second-order valence-corrected chi connectivity index (χ2v) is 5.10. The number of carboxylic acid groups (broad SMARTS) is 1. The first kappa shape index (κ1) is 17.7. The van der Waals surface area contributed by atoms with Crippen LogP contribution in [0, 0.1) is 0 Å². The highest BCUT2D eigenvalue weighted by atomic mass is 16.5. The topological polar surface area (TPSA) is 79.3 Å². The lowest BCUT2D eigenvalue weighted by atomic mass is 10.1. The van der Waals surface area contributed by atoms with Crippen molar-refractivity contribution in [2.24, 2.45) is 0 Å². The van der Waals surface area contributed by atoms with Gasteiger partial charge in [-0.15, -0.1) is 0 Å². The van der Waals surface area contributed by atoms with Gasteiger partial charge in [-0.3, -0.25) is 4.79 Å². The van der Waals surface area contributed by atoms with Gasteiger partial charge in [-0.2, -0.15) is 0 Å². The van der Waals surface area contributed by atoms with Crippen molar-refractivity contribution < 1.29 is 24.2 Å². The molecule has 7 nitrogen and oxygen atoms in total. The Balaban J connectivity index is 2.22. The van der Waals surface area contributed by atoms with E-state index in [2.05, 4.69) is 0 Å². The zero-order valence-corrected chi connectivity index (χ0v) is 12.9. The van der Waals surface area contributed by atoms with E-state index in [9.17, 15) is 9.59 Å². The highest BCUT2D eigenvalue weighted by Crippen LogP contribution is 2.15. The molecular weight excluding hydrogens is 276 g/mol. The minimum atomic E-state index is -0.849. The molecule has 2 amide bonds. The standard InChI is InChI=1S/C14H26N2O5/c1-3-20-11-9-15(2)14(19)16-7-4-12(5-8-16)21-10-6-13(17)18/h12H,3-11H2,1-2H3,(H,17,18). The molecule has 1 rings (SSSR count). The molecule has 1 heterocycles. The molecule has 0 aliphatic carbocycles. The number of likely N-dealkylation sites (tertiary alicyclic amines) is 1. The Hall–Kier alpha value is -1.34. The largest absolute Gasteiger partial charge is 0.481 e. The number of hydrogen-bond donors (Lipinski definition) is 1. The van der Waals surface area contributed by atoms with Crippen molar-refractivity contribution in [3.63, 3.8) is 0 Å². The second-order valence-electron chi connectivity index (χ2n) is 5.10. The van der Waals surface area contributed by atoms with Crippen LogP contribution in [0.3, 0.4) is 0 Å². The van der Waals surface area contributed by atoms with Crippen LogP contribution in [0.5, 0.6) is 0 Å². The fourth-order valence-electron chi connectivity index (χ4n) is 2.21. The molecule has 0 saturated carbocycles. The molecule has 0 aromatic heterocycles. The van der Waals surface area contributed by atoms with E-state index < -0.39 is 5.97 Å². The molecular formula is C14H26N2O5. The molecule has 0 atom stereocenters. The van der Waals surface area contributed by atoms with Gasteiger partial charge in [-0.05, 0) is 19.8 Å². The van der Waals surface area contributed by atoms with E-state index >= 15 is 0 Å². The van der Waals surface area contributed by atoms with Crippen molar-refractivity contribution in [1.82, 2.24) is 9.80 Å². The molecule has 0 spiro atoms. The number of piperidine rings is 1. The number of aliphatic carboxylic acids is 1. The van der Waals surface area contributed by atoms with Crippen molar-refractivity contribution in [2.45, 2.75) is 32.3 Å². The van der Waals surface area contributed by atoms with E-state index in [1.807, 2.05) is 11.8 Å². The lowest BCUT2D eigenvalue weighted by Gasteiger charge is -2.34. The van der Waals surface area contributed by atoms with Crippen LogP contribution in [-0.4, -0.2) is 79.5 Å². The van der Waals surface area contributed by atoms with Gasteiger partial charge in [0.1, 0.15) is 0 Å². The summed E-state index contributed by atoms with van der Waals surface area (Å²) in [6, 6.07) is 0.0127. The molecule has 0 bridgehead atoms. The maximum Gasteiger partial charge on any atom is 0.319 e. The van der Waals surface area contributed by atoms with E-state index in [0.717, 1.165) is 12.8 Å². The molecule has 1 fully saturated rings. The zero-order valence-electron chi connectivity index (χ0n) is 12.9. The number of amides is 2. The predicted octanol–water partition coefficient (Wildman–Crippen LogP) is 1.03. The van der Waals surface area contributed by atoms with Gasteiger partial charge >= 0.3 is 12.0 Å². The van der Waals surface area contributed by atoms with Gasteiger partial charge in [0.25, 0.3) is 0 Å². The average molecular weight is 302 g/mol. The van der Waals surface area contributed by atoms with E-state index in [4.69, 9.17) is 14.6 Å². The van der Waals surface area contributed by atoms with E-state index in [1.165, 1.54) is 0 Å². The summed E-state index contributed by atoms with van der Waals surface area (Å²) in [5, 5.41) is 8.56. The summed E-state index contributed by atoms with van der Waals surface area (Å²) < 4.78 is 10.8. The van der Waals surface area contributed by atoms with E-state index in [1.54, 1.807) is 11.9 Å². The fraction of sp³-hybridized carbons (Fsp3) is 0.857. The molecule has 1 aliphatic heterocycles. The maximum atomic E-state index is 12.2. The lowest BCUT2D eigenvalue weighted by molar-refractivity contribution is -0.138. The molecule has 0 aromatic carbocycles. The smallest absolute Gasteiger partial charge is 0.319 e. The monoisotopic (exact) mass is 302 g/mol. The molecule has 0 unspecified atom stereocenters. The van der Waals surface area contributed by atoms with Crippen LogP contribution >= 0.6 is 0 Å². The van der Waals surface area contributed by atoms with Crippen molar-refractivity contribution in [2.75, 3.05) is 46.5 Å². The third kappa shape index (κ3) is 6.77. The van der Waals surface area contributed by atoms with Gasteiger partial charge in [0.2, 0.25) is 0 Å². The van der Waals surface area contributed by atoms with Crippen LogP contribution in [-0.2, 0) is 14.3 Å². The predicted molar refractivity (Wildman–Crippen MR) is 77.3 cm³/mol. The molecule has 1 N–H and O–H groups in total. The normalized spacial score (nSPS) is 16.0. The molecule has 0 aromatic rings. The number of carbonyl (C=O) groups excluding carboxylic acids is 1. The Morgan fingerprint density at radius 1 is 1.29 bits per heavy atom. The Labute approximate surface area is 125 Å². The average Bonchev–Trinajstić information content (AvgIpc) is 2.47. The lowest BCUT2D eigenvalue weighted by Crippen LogP contribution is -2.47. The summed E-state index contributed by atoms with van der Waals surface area (Å²) in [6.07, 6.45) is 1.59. The molecule has 0 radical (unpaired) electrons. The minimum Gasteiger partial charge on any atom is -0.481 e. The van der Waals surface area contributed by atoms with Crippen molar-refractivity contribution >= 4 is 12.0 Å². The Kier molecular flexibility index (Phi) is 8.07. The highest BCUT2D eigenvalue weighted by Gasteiger charge is 2.25. The minimum absolute atomic E-state index is 0.0127. The number of urea groups is 1. The number of carbonyl (C=O) groups is 2. The summed E-state index contributed by atoms with van der Waals surface area (Å²) in [4.78, 5) is 26.1. The fourth-order valence-corrected chi connectivity index (χ4v) is 2.21. The third-order valence-electron chi connectivity index (χ3n) is 3.48. The first-order valence-corrected chi connectivity index (χ1v) is 7.45. The van der Waals surface area contributed by atoms with Gasteiger partial charge in [0.15, 0.2) is 0 Å². The summed E-state index contributed by atoms with van der Waals surface area (Å²) in [5.41, 5.74) is 0. The van der Waals surface area contributed by atoms with Gasteiger partial charge in [0, 0.05) is 33.3 Å². The van der Waals surface area contributed by atoms with Gasteiger partial charge in [0.05, 0.1) is 25.7 Å². The third-order valence-corrected chi connectivity index (χ3v) is 3.48. The number of ether oxygens (including phenoxy) is 2. The number of hydrogen-bond acceptors (Lipinski definition) is 4. The van der Waals surface area contributed by atoms with Gasteiger partial charge in [-0.1, -0.05) is 0 Å². The molecule has 1 aliphatic rings. The first-order chi connectivity index (χ1) is 10.0. The maximum absolute atomic E-state index is 12.2. The molecule has 1 saturated heterocycles. The first-order valence-electron chi connectivity index (χ1n) is 7.45. The van der Waals surface area contributed by atoms with Crippen molar-refractivity contribution in [3.05, 3.63) is 0 Å². The molecule has 7 heteroatoms. The summed E-state index contributed by atoms with van der Waals surface area (Å²) >= 11 is 0. The number of rotatable bonds is 8. The number of carboxylic acids is 1. The van der Waals surface area contributed by atoms with Crippen molar-refractivity contribution in [1.29, 1.82) is 0 Å². The van der Waals surface area contributed by atoms with Crippen LogP contribution in [0.25, 0.3) is 0 Å². The van der Waals surface area contributed by atoms with Crippen molar-refractivity contribution in [3.8, 4) is 0 Å². The van der Waals surface area contributed by atoms with Crippen LogP contribution in [0.15, 0.2) is 0 Å². The quantitative estimate of drug-likeness (QED) is 0.677. The zero-order chi connectivity index (χ0) is 15.7. The molecule has 21 heavy (non-hydrogen) atoms. The summed E-state index contributed by atoms with van der Waals surface area (Å²) in [6.45, 7) is 5.25. The molecule has 122 valence electrons. The van der Waals surface area contributed by atoms with E-state index in [0.29, 0.717) is 32.8 Å². The van der Waals surface area contributed by atoms with Crippen LogP contribution in [0.1, 0.15) is 26.2 Å². The summed E-state index contributed by atoms with van der Waals surface area (Å²) in [7, 11) is 1.77. The summed E-state index contributed by atoms with van der Waals surface area (Å²) in [5.74, 6) is -0.849.